The molecular weight excluding hydrogens is 233 g/mol. The van der Waals surface area contributed by atoms with E-state index in [0.717, 1.165) is 22.5 Å². The van der Waals surface area contributed by atoms with Crippen LogP contribution in [-0.4, -0.2) is 9.97 Å². The molecule has 2 aromatic rings. The molecule has 1 fully saturated rings. The Labute approximate surface area is 100 Å². The highest BCUT2D eigenvalue weighted by Gasteiger charge is 2.26. The number of imidazole rings is 1. The van der Waals surface area contributed by atoms with Gasteiger partial charge in [0.1, 0.15) is 5.82 Å². The molecule has 3 nitrogen and oxygen atoms in total. The molecule has 0 spiro atoms. The molecule has 3 N–H and O–H groups in total. The molecule has 0 saturated heterocycles. The van der Waals surface area contributed by atoms with Crippen LogP contribution < -0.4 is 5.73 Å². The smallest absolute Gasteiger partial charge is 0.110 e. The summed E-state index contributed by atoms with van der Waals surface area (Å²) in [6.45, 7) is 0. The number of hydrogen-bond donors (Lipinski definition) is 2. The van der Waals surface area contributed by atoms with E-state index in [1.807, 2.05) is 18.2 Å². The molecule has 0 amide bonds. The molecule has 0 atom stereocenters. The van der Waals surface area contributed by atoms with Crippen LogP contribution in [0.5, 0.6) is 0 Å². The van der Waals surface area contributed by atoms with Gasteiger partial charge < -0.3 is 10.7 Å². The Bertz CT molecular complexity index is 463. The maximum Gasteiger partial charge on any atom is 0.110 e. The van der Waals surface area contributed by atoms with Crippen molar-refractivity contribution in [2.45, 2.75) is 18.8 Å². The predicted octanol–water partition coefficient (Wildman–Crippen LogP) is 2.87. The molecule has 0 bridgehead atoms. The number of nitrogen functional groups attached to an aromatic ring is 1. The first-order chi connectivity index (χ1) is 6.33. The molecular formula is C10H13Cl2N3. The summed E-state index contributed by atoms with van der Waals surface area (Å²) in [7, 11) is 0. The van der Waals surface area contributed by atoms with Crippen molar-refractivity contribution in [1.29, 1.82) is 0 Å². The lowest BCUT2D eigenvalue weighted by Crippen LogP contribution is -1.82. The van der Waals surface area contributed by atoms with Crippen molar-refractivity contribution in [3.8, 4) is 0 Å². The third kappa shape index (κ3) is 2.19. The van der Waals surface area contributed by atoms with Crippen LogP contribution in [0.15, 0.2) is 18.2 Å². The Kier molecular flexibility index (Phi) is 3.47. The van der Waals surface area contributed by atoms with E-state index in [9.17, 15) is 0 Å². The van der Waals surface area contributed by atoms with Crippen molar-refractivity contribution < 1.29 is 0 Å². The minimum absolute atomic E-state index is 0. The van der Waals surface area contributed by atoms with Crippen molar-refractivity contribution >= 4 is 41.5 Å². The molecule has 1 aliphatic carbocycles. The number of hydrogen-bond acceptors (Lipinski definition) is 2. The fourth-order valence-corrected chi connectivity index (χ4v) is 1.60. The summed E-state index contributed by atoms with van der Waals surface area (Å²) in [5.41, 5.74) is 8.55. The van der Waals surface area contributed by atoms with Gasteiger partial charge in [-0.3, -0.25) is 0 Å². The highest BCUT2D eigenvalue weighted by Crippen LogP contribution is 2.39. The van der Waals surface area contributed by atoms with Crippen LogP contribution in [-0.2, 0) is 0 Å². The number of nitrogens with two attached hydrogens (primary N) is 1. The standard InChI is InChI=1S/C10H11N3.2ClH/c11-7-3-4-8-9(5-7)13-10(12-8)6-1-2-6;;/h3-6H,1-2,11H2,(H,12,13);2*1H. The van der Waals surface area contributed by atoms with E-state index in [2.05, 4.69) is 9.97 Å². The second kappa shape index (κ2) is 4.29. The zero-order valence-corrected chi connectivity index (χ0v) is 9.70. The van der Waals surface area contributed by atoms with E-state index in [4.69, 9.17) is 5.73 Å². The van der Waals surface area contributed by atoms with E-state index < -0.39 is 0 Å². The van der Waals surface area contributed by atoms with Gasteiger partial charge in [-0.1, -0.05) is 0 Å². The molecule has 15 heavy (non-hydrogen) atoms. The van der Waals surface area contributed by atoms with Crippen LogP contribution in [0.25, 0.3) is 11.0 Å². The summed E-state index contributed by atoms with van der Waals surface area (Å²) in [5, 5.41) is 0. The van der Waals surface area contributed by atoms with Gasteiger partial charge in [-0.15, -0.1) is 24.8 Å². The van der Waals surface area contributed by atoms with Crippen molar-refractivity contribution in [3.63, 3.8) is 0 Å². The lowest BCUT2D eigenvalue weighted by molar-refractivity contribution is 0.986. The number of benzene rings is 1. The van der Waals surface area contributed by atoms with E-state index >= 15 is 0 Å². The summed E-state index contributed by atoms with van der Waals surface area (Å²) < 4.78 is 0. The first kappa shape index (κ1) is 12.1. The number of H-pyrrole nitrogens is 1. The SMILES string of the molecule is Cl.Cl.Nc1ccc2nc(C3CC3)[nH]c2c1. The summed E-state index contributed by atoms with van der Waals surface area (Å²) in [6.07, 6.45) is 2.55. The molecule has 1 aromatic carbocycles. The maximum absolute atomic E-state index is 5.68. The van der Waals surface area contributed by atoms with Crippen molar-refractivity contribution in [1.82, 2.24) is 9.97 Å². The number of aromatic amines is 1. The Hall–Kier alpha value is -0.930. The zero-order chi connectivity index (χ0) is 8.84. The van der Waals surface area contributed by atoms with E-state index in [0.29, 0.717) is 5.92 Å². The fourth-order valence-electron chi connectivity index (χ4n) is 1.60. The molecule has 0 aliphatic heterocycles. The molecule has 1 saturated carbocycles. The first-order valence-corrected chi connectivity index (χ1v) is 4.58. The van der Waals surface area contributed by atoms with Crippen molar-refractivity contribution in [2.75, 3.05) is 5.73 Å². The van der Waals surface area contributed by atoms with Gasteiger partial charge in [-0.2, -0.15) is 0 Å². The van der Waals surface area contributed by atoms with Gasteiger partial charge in [0, 0.05) is 11.6 Å². The average molecular weight is 246 g/mol. The van der Waals surface area contributed by atoms with E-state index in [-0.39, 0.29) is 24.8 Å². The van der Waals surface area contributed by atoms with Crippen LogP contribution >= 0.6 is 24.8 Å². The number of rotatable bonds is 1. The first-order valence-electron chi connectivity index (χ1n) is 4.58. The molecule has 1 aliphatic rings. The van der Waals surface area contributed by atoms with E-state index in [1.165, 1.54) is 12.8 Å². The number of anilines is 1. The van der Waals surface area contributed by atoms with Gasteiger partial charge in [0.2, 0.25) is 0 Å². The van der Waals surface area contributed by atoms with Crippen LogP contribution in [0.2, 0.25) is 0 Å². The quantitative estimate of drug-likeness (QED) is 0.760. The normalized spacial score (nSPS) is 14.4. The minimum atomic E-state index is 0. The molecule has 1 heterocycles. The summed E-state index contributed by atoms with van der Waals surface area (Å²) >= 11 is 0. The molecule has 0 unspecified atom stereocenters. The number of nitrogens with one attached hydrogen (secondary N) is 1. The Morgan fingerprint density at radius 3 is 2.67 bits per heavy atom. The zero-order valence-electron chi connectivity index (χ0n) is 8.06. The molecule has 82 valence electrons. The second-order valence-corrected chi connectivity index (χ2v) is 3.67. The minimum Gasteiger partial charge on any atom is -0.399 e. The summed E-state index contributed by atoms with van der Waals surface area (Å²) in [5.74, 6) is 1.80. The number of nitrogens with zero attached hydrogens (tertiary/aromatic N) is 1. The van der Waals surface area contributed by atoms with Gasteiger partial charge in [0.15, 0.2) is 0 Å². The maximum atomic E-state index is 5.68. The van der Waals surface area contributed by atoms with E-state index in [1.54, 1.807) is 0 Å². The number of aromatic nitrogens is 2. The predicted molar refractivity (Wildman–Crippen MR) is 67.0 cm³/mol. The van der Waals surface area contributed by atoms with Gasteiger partial charge in [0.05, 0.1) is 11.0 Å². The average Bonchev–Trinajstić information content (AvgIpc) is 2.87. The molecule has 5 heteroatoms. The monoisotopic (exact) mass is 245 g/mol. The Balaban J connectivity index is 0.000000562. The summed E-state index contributed by atoms with van der Waals surface area (Å²) in [6, 6.07) is 5.79. The van der Waals surface area contributed by atoms with Crippen LogP contribution in [0, 0.1) is 0 Å². The number of halogens is 2. The second-order valence-electron chi connectivity index (χ2n) is 3.67. The highest BCUT2D eigenvalue weighted by atomic mass is 35.5. The van der Waals surface area contributed by atoms with Crippen molar-refractivity contribution in [2.24, 2.45) is 0 Å². The molecule has 1 aromatic heterocycles. The Morgan fingerprint density at radius 1 is 1.27 bits per heavy atom. The largest absolute Gasteiger partial charge is 0.399 e. The lowest BCUT2D eigenvalue weighted by Gasteiger charge is -1.89. The third-order valence-corrected chi connectivity index (χ3v) is 2.49. The fraction of sp³-hybridized carbons (Fsp3) is 0.300. The van der Waals surface area contributed by atoms with Crippen LogP contribution in [0.3, 0.4) is 0 Å². The van der Waals surface area contributed by atoms with Gasteiger partial charge in [0.25, 0.3) is 0 Å². The van der Waals surface area contributed by atoms with Crippen LogP contribution in [0.4, 0.5) is 5.69 Å². The third-order valence-electron chi connectivity index (χ3n) is 2.49. The molecule has 0 radical (unpaired) electrons. The van der Waals surface area contributed by atoms with Gasteiger partial charge in [-0.25, -0.2) is 4.98 Å². The van der Waals surface area contributed by atoms with Crippen molar-refractivity contribution in [3.05, 3.63) is 24.0 Å². The topological polar surface area (TPSA) is 54.7 Å². The number of fused-ring (bicyclic) bond motifs is 1. The lowest BCUT2D eigenvalue weighted by atomic mass is 10.3. The summed E-state index contributed by atoms with van der Waals surface area (Å²) in [4.78, 5) is 7.81. The highest BCUT2D eigenvalue weighted by molar-refractivity contribution is 5.85. The van der Waals surface area contributed by atoms with Crippen LogP contribution in [0.1, 0.15) is 24.6 Å². The van der Waals surface area contributed by atoms with Gasteiger partial charge in [-0.05, 0) is 31.0 Å². The molecule has 3 rings (SSSR count). The van der Waals surface area contributed by atoms with Gasteiger partial charge >= 0.3 is 0 Å². The Morgan fingerprint density at radius 2 is 2.00 bits per heavy atom.